The smallest absolute Gasteiger partial charge is 0.325 e. The first kappa shape index (κ1) is 15.0. The molecule has 1 aromatic heterocycles. The third-order valence-corrected chi connectivity index (χ3v) is 2.57. The number of carbonyl (C=O) groups excluding carboxylic acids is 2. The van der Waals surface area contributed by atoms with Crippen LogP contribution in [0.4, 0.5) is 4.79 Å². The van der Waals surface area contributed by atoms with Crippen molar-refractivity contribution in [1.29, 1.82) is 0 Å². The molecular formula is C12H19N3O4. The number of aryl methyl sites for hydroxylation is 2. The Kier molecular flexibility index (Phi) is 5.35. The fourth-order valence-electron chi connectivity index (χ4n) is 1.79. The topological polar surface area (TPSA) is 93.5 Å². The molecule has 2 N–H and O–H groups in total. The van der Waals surface area contributed by atoms with E-state index in [1.54, 1.807) is 20.8 Å². The number of nitrogens with one attached hydrogen (secondary N) is 2. The van der Waals surface area contributed by atoms with Crippen LogP contribution in [-0.4, -0.2) is 30.3 Å². The molecule has 2 amide bonds. The molecule has 0 saturated carbocycles. The van der Waals surface area contributed by atoms with Gasteiger partial charge in [0, 0.05) is 5.56 Å². The minimum atomic E-state index is -0.470. The summed E-state index contributed by atoms with van der Waals surface area (Å²) in [6.07, 6.45) is 0. The molecule has 1 heterocycles. The van der Waals surface area contributed by atoms with Crippen LogP contribution in [0, 0.1) is 13.8 Å². The molecule has 7 heteroatoms. The molecule has 19 heavy (non-hydrogen) atoms. The summed E-state index contributed by atoms with van der Waals surface area (Å²) in [7, 11) is 0. The maximum Gasteiger partial charge on any atom is 0.325 e. The monoisotopic (exact) mass is 269 g/mol. The minimum absolute atomic E-state index is 0.159. The molecule has 0 bridgehead atoms. The molecule has 106 valence electrons. The molecule has 0 radical (unpaired) electrons. The molecule has 0 spiro atoms. The van der Waals surface area contributed by atoms with Crippen molar-refractivity contribution >= 4 is 12.0 Å². The summed E-state index contributed by atoms with van der Waals surface area (Å²) in [6.45, 7) is 7.24. The van der Waals surface area contributed by atoms with Crippen LogP contribution in [0.3, 0.4) is 0 Å². The van der Waals surface area contributed by atoms with Crippen molar-refractivity contribution in [2.75, 3.05) is 13.2 Å². The summed E-state index contributed by atoms with van der Waals surface area (Å²) in [5.41, 5.74) is 1.57. The molecule has 7 nitrogen and oxygen atoms in total. The lowest BCUT2D eigenvalue weighted by atomic mass is 10.1. The van der Waals surface area contributed by atoms with Gasteiger partial charge in [0.05, 0.1) is 18.3 Å². The zero-order valence-corrected chi connectivity index (χ0v) is 11.6. The van der Waals surface area contributed by atoms with Crippen molar-refractivity contribution in [3.63, 3.8) is 0 Å². The quantitative estimate of drug-likeness (QED) is 0.784. The van der Waals surface area contributed by atoms with E-state index in [1.807, 2.05) is 6.92 Å². The van der Waals surface area contributed by atoms with Crippen molar-refractivity contribution in [2.24, 2.45) is 0 Å². The number of rotatable bonds is 5. The lowest BCUT2D eigenvalue weighted by Crippen LogP contribution is -2.40. The largest absolute Gasteiger partial charge is 0.465 e. The average molecular weight is 269 g/mol. The van der Waals surface area contributed by atoms with Gasteiger partial charge >= 0.3 is 12.0 Å². The molecule has 0 aliphatic carbocycles. The first-order valence-electron chi connectivity index (χ1n) is 6.08. The van der Waals surface area contributed by atoms with Crippen LogP contribution >= 0.6 is 0 Å². The second-order valence-corrected chi connectivity index (χ2v) is 4.09. The fraction of sp³-hybridized carbons (Fsp3) is 0.583. The Morgan fingerprint density at radius 1 is 1.42 bits per heavy atom. The molecule has 1 unspecified atom stereocenters. The molecule has 0 aromatic carbocycles. The van der Waals surface area contributed by atoms with Gasteiger partial charge in [-0.3, -0.25) is 4.79 Å². The highest BCUT2D eigenvalue weighted by Gasteiger charge is 2.18. The van der Waals surface area contributed by atoms with Gasteiger partial charge in [-0.25, -0.2) is 4.79 Å². The van der Waals surface area contributed by atoms with Crippen molar-refractivity contribution in [2.45, 2.75) is 33.7 Å². The van der Waals surface area contributed by atoms with Crippen LogP contribution in [0.25, 0.3) is 0 Å². The van der Waals surface area contributed by atoms with Gasteiger partial charge in [0.15, 0.2) is 0 Å². The number of carbonyl (C=O) groups is 2. The van der Waals surface area contributed by atoms with Crippen LogP contribution in [-0.2, 0) is 9.53 Å². The third-order valence-electron chi connectivity index (χ3n) is 2.57. The van der Waals surface area contributed by atoms with E-state index in [1.165, 1.54) is 0 Å². The summed E-state index contributed by atoms with van der Waals surface area (Å²) < 4.78 is 9.73. The van der Waals surface area contributed by atoms with Gasteiger partial charge in [-0.2, -0.15) is 0 Å². The van der Waals surface area contributed by atoms with E-state index in [0.29, 0.717) is 5.76 Å². The highest BCUT2D eigenvalue weighted by molar-refractivity contribution is 5.81. The summed E-state index contributed by atoms with van der Waals surface area (Å²) in [4.78, 5) is 22.7. The molecule has 1 aromatic rings. The first-order valence-corrected chi connectivity index (χ1v) is 6.08. The van der Waals surface area contributed by atoms with Gasteiger partial charge in [0.1, 0.15) is 12.3 Å². The van der Waals surface area contributed by atoms with Gasteiger partial charge in [-0.05, 0) is 27.7 Å². The Labute approximate surface area is 111 Å². The SMILES string of the molecule is CCOC(=O)CNC(=O)NC(C)c1c(C)noc1C. The van der Waals surface area contributed by atoms with Gasteiger partial charge in [0.2, 0.25) is 0 Å². The zero-order valence-electron chi connectivity index (χ0n) is 11.6. The standard InChI is InChI=1S/C12H19N3O4/c1-5-18-10(16)6-13-12(17)14-7(2)11-8(3)15-19-9(11)4/h7H,5-6H2,1-4H3,(H2,13,14,17). The minimum Gasteiger partial charge on any atom is -0.465 e. The van der Waals surface area contributed by atoms with Crippen molar-refractivity contribution in [3.05, 3.63) is 17.0 Å². The number of nitrogens with zero attached hydrogens (tertiary/aromatic N) is 1. The normalized spacial score (nSPS) is 11.8. The molecule has 0 aliphatic heterocycles. The van der Waals surface area contributed by atoms with Crippen LogP contribution in [0.2, 0.25) is 0 Å². The van der Waals surface area contributed by atoms with E-state index >= 15 is 0 Å². The van der Waals surface area contributed by atoms with E-state index in [0.717, 1.165) is 11.3 Å². The zero-order chi connectivity index (χ0) is 14.4. The summed E-state index contributed by atoms with van der Waals surface area (Å²) in [6, 6.07) is -0.700. The van der Waals surface area contributed by atoms with E-state index in [4.69, 9.17) is 9.26 Å². The van der Waals surface area contributed by atoms with E-state index in [-0.39, 0.29) is 19.2 Å². The number of amides is 2. The summed E-state index contributed by atoms with van der Waals surface area (Å²) in [5.74, 6) is 0.193. The molecule has 0 aliphatic rings. The Morgan fingerprint density at radius 3 is 2.63 bits per heavy atom. The van der Waals surface area contributed by atoms with Crippen LogP contribution in [0.1, 0.15) is 36.9 Å². The predicted molar refractivity (Wildman–Crippen MR) is 67.6 cm³/mol. The molecule has 0 fully saturated rings. The summed E-state index contributed by atoms with van der Waals surface area (Å²) >= 11 is 0. The van der Waals surface area contributed by atoms with E-state index < -0.39 is 12.0 Å². The Morgan fingerprint density at radius 2 is 2.11 bits per heavy atom. The van der Waals surface area contributed by atoms with Crippen LogP contribution in [0.15, 0.2) is 4.52 Å². The highest BCUT2D eigenvalue weighted by atomic mass is 16.5. The summed E-state index contributed by atoms with van der Waals surface area (Å²) in [5, 5.41) is 8.95. The number of esters is 1. The average Bonchev–Trinajstić information content (AvgIpc) is 2.67. The predicted octanol–water partition coefficient (Wildman–Crippen LogP) is 1.21. The van der Waals surface area contributed by atoms with Crippen molar-refractivity contribution in [3.8, 4) is 0 Å². The van der Waals surface area contributed by atoms with Crippen LogP contribution < -0.4 is 10.6 Å². The second kappa shape index (κ2) is 6.77. The Hall–Kier alpha value is -2.05. The van der Waals surface area contributed by atoms with Crippen molar-refractivity contribution < 1.29 is 18.8 Å². The van der Waals surface area contributed by atoms with Crippen LogP contribution in [0.5, 0.6) is 0 Å². The molecule has 0 saturated heterocycles. The molecule has 1 rings (SSSR count). The second-order valence-electron chi connectivity index (χ2n) is 4.09. The first-order chi connectivity index (χ1) is 8.95. The highest BCUT2D eigenvalue weighted by Crippen LogP contribution is 2.20. The number of hydrogen-bond acceptors (Lipinski definition) is 5. The van der Waals surface area contributed by atoms with Gasteiger partial charge in [-0.15, -0.1) is 0 Å². The number of ether oxygens (including phenoxy) is 1. The van der Waals surface area contributed by atoms with Gasteiger partial charge in [0.25, 0.3) is 0 Å². The van der Waals surface area contributed by atoms with Crippen molar-refractivity contribution in [1.82, 2.24) is 15.8 Å². The maximum atomic E-state index is 11.6. The van der Waals surface area contributed by atoms with E-state index in [9.17, 15) is 9.59 Å². The van der Waals surface area contributed by atoms with Gasteiger partial charge < -0.3 is 19.9 Å². The molecular weight excluding hydrogens is 250 g/mol. The fourth-order valence-corrected chi connectivity index (χ4v) is 1.79. The molecule has 1 atom stereocenters. The Balaban J connectivity index is 2.47. The van der Waals surface area contributed by atoms with Gasteiger partial charge in [-0.1, -0.05) is 5.16 Å². The Bertz CT molecular complexity index is 436. The number of aromatic nitrogens is 1. The maximum absolute atomic E-state index is 11.6. The number of urea groups is 1. The third kappa shape index (κ3) is 4.27. The van der Waals surface area contributed by atoms with E-state index in [2.05, 4.69) is 15.8 Å². The lowest BCUT2D eigenvalue weighted by Gasteiger charge is -2.14. The lowest BCUT2D eigenvalue weighted by molar-refractivity contribution is -0.141. The number of hydrogen-bond donors (Lipinski definition) is 2.